The van der Waals surface area contributed by atoms with Crippen LogP contribution in [0.3, 0.4) is 0 Å². The lowest BCUT2D eigenvalue weighted by Gasteiger charge is -2.30. The molecule has 5 heteroatoms. The van der Waals surface area contributed by atoms with Crippen LogP contribution in [0.4, 0.5) is 0 Å². The van der Waals surface area contributed by atoms with Crippen LogP contribution in [0.2, 0.25) is 0 Å². The Balaban J connectivity index is 2.15. The molecule has 0 saturated carbocycles. The number of ether oxygens (including phenoxy) is 1. The summed E-state index contributed by atoms with van der Waals surface area (Å²) in [6.07, 6.45) is 2.47. The molecule has 5 nitrogen and oxygen atoms in total. The van der Waals surface area contributed by atoms with Crippen LogP contribution in [-0.4, -0.2) is 35.9 Å². The number of carbonyl (C=O) groups excluding carboxylic acids is 2. The molecule has 0 bridgehead atoms. The monoisotopic (exact) mass is 396 g/mol. The SMILES string of the molecule is CCCCNC(=O)[C@@H](CC)N(Cc1ccccc1)C(=O)COc1ccccc1C. The van der Waals surface area contributed by atoms with Crippen LogP contribution in [0, 0.1) is 6.92 Å². The number of aryl methyl sites for hydroxylation is 1. The molecule has 29 heavy (non-hydrogen) atoms. The number of carbonyl (C=O) groups is 2. The minimum Gasteiger partial charge on any atom is -0.484 e. The quantitative estimate of drug-likeness (QED) is 0.582. The van der Waals surface area contributed by atoms with Crippen LogP contribution < -0.4 is 10.1 Å². The molecule has 0 radical (unpaired) electrons. The summed E-state index contributed by atoms with van der Waals surface area (Å²) in [6.45, 7) is 6.85. The van der Waals surface area contributed by atoms with Gasteiger partial charge < -0.3 is 15.0 Å². The molecule has 2 amide bonds. The van der Waals surface area contributed by atoms with E-state index in [1.165, 1.54) is 0 Å². The molecule has 0 aliphatic heterocycles. The van der Waals surface area contributed by atoms with Crippen LogP contribution in [0.5, 0.6) is 5.75 Å². The van der Waals surface area contributed by atoms with Crippen molar-refractivity contribution in [2.45, 2.75) is 52.6 Å². The first-order chi connectivity index (χ1) is 14.1. The van der Waals surface area contributed by atoms with Gasteiger partial charge in [0, 0.05) is 13.1 Å². The van der Waals surface area contributed by atoms with Gasteiger partial charge in [0.2, 0.25) is 5.91 Å². The summed E-state index contributed by atoms with van der Waals surface area (Å²) in [5, 5.41) is 2.96. The highest BCUT2D eigenvalue weighted by Gasteiger charge is 2.28. The lowest BCUT2D eigenvalue weighted by Crippen LogP contribution is -2.50. The van der Waals surface area contributed by atoms with Crippen molar-refractivity contribution >= 4 is 11.8 Å². The highest BCUT2D eigenvalue weighted by molar-refractivity contribution is 5.88. The fourth-order valence-corrected chi connectivity index (χ4v) is 3.15. The van der Waals surface area contributed by atoms with E-state index in [2.05, 4.69) is 12.2 Å². The summed E-state index contributed by atoms with van der Waals surface area (Å²) in [4.78, 5) is 27.5. The molecule has 1 atom stereocenters. The fraction of sp³-hybridized carbons (Fsp3) is 0.417. The normalized spacial score (nSPS) is 11.6. The first-order valence-corrected chi connectivity index (χ1v) is 10.4. The van der Waals surface area contributed by atoms with Crippen molar-refractivity contribution in [3.05, 3.63) is 65.7 Å². The smallest absolute Gasteiger partial charge is 0.261 e. The Morgan fingerprint density at radius 1 is 1.03 bits per heavy atom. The Bertz CT molecular complexity index is 777. The maximum atomic E-state index is 13.1. The molecule has 2 aromatic rings. The highest BCUT2D eigenvalue weighted by atomic mass is 16.5. The average Bonchev–Trinajstić information content (AvgIpc) is 2.73. The van der Waals surface area contributed by atoms with Crippen LogP contribution in [0.1, 0.15) is 44.2 Å². The van der Waals surface area contributed by atoms with Crippen molar-refractivity contribution in [2.24, 2.45) is 0 Å². The number of rotatable bonds is 11. The molecule has 0 spiro atoms. The van der Waals surface area contributed by atoms with Gasteiger partial charge in [-0.05, 0) is 37.0 Å². The van der Waals surface area contributed by atoms with E-state index in [-0.39, 0.29) is 18.4 Å². The molecule has 0 unspecified atom stereocenters. The topological polar surface area (TPSA) is 58.6 Å². The van der Waals surface area contributed by atoms with Crippen molar-refractivity contribution in [1.82, 2.24) is 10.2 Å². The number of nitrogens with zero attached hydrogens (tertiary/aromatic N) is 1. The standard InChI is InChI=1S/C24H32N2O3/c1-4-6-16-25-24(28)21(5-2)26(17-20-13-8-7-9-14-20)23(27)18-29-22-15-11-10-12-19(22)3/h7-15,21H,4-6,16-18H2,1-3H3,(H,25,28)/t21-/m1/s1. The largest absolute Gasteiger partial charge is 0.484 e. The number of hydrogen-bond donors (Lipinski definition) is 1. The Hall–Kier alpha value is -2.82. The van der Waals surface area contributed by atoms with E-state index in [1.54, 1.807) is 4.90 Å². The molecule has 0 aliphatic rings. The zero-order valence-corrected chi connectivity index (χ0v) is 17.7. The molecular weight excluding hydrogens is 364 g/mol. The summed E-state index contributed by atoms with van der Waals surface area (Å²) in [5.41, 5.74) is 1.95. The van der Waals surface area contributed by atoms with Gasteiger partial charge in [-0.15, -0.1) is 0 Å². The van der Waals surface area contributed by atoms with Gasteiger partial charge in [0.1, 0.15) is 11.8 Å². The van der Waals surface area contributed by atoms with Crippen molar-refractivity contribution in [3.8, 4) is 5.75 Å². The second kappa shape index (κ2) is 11.9. The number of unbranched alkanes of at least 4 members (excludes halogenated alkanes) is 1. The molecular formula is C24H32N2O3. The number of nitrogens with one attached hydrogen (secondary N) is 1. The van der Waals surface area contributed by atoms with Crippen molar-refractivity contribution < 1.29 is 14.3 Å². The summed E-state index contributed by atoms with van der Waals surface area (Å²) < 4.78 is 5.77. The van der Waals surface area contributed by atoms with Gasteiger partial charge in [-0.25, -0.2) is 0 Å². The Morgan fingerprint density at radius 2 is 1.72 bits per heavy atom. The Labute approximate surface area is 174 Å². The van der Waals surface area contributed by atoms with Crippen LogP contribution in [0.15, 0.2) is 54.6 Å². The zero-order chi connectivity index (χ0) is 21.1. The van der Waals surface area contributed by atoms with Crippen molar-refractivity contribution in [1.29, 1.82) is 0 Å². The zero-order valence-electron chi connectivity index (χ0n) is 17.7. The lowest BCUT2D eigenvalue weighted by atomic mass is 10.1. The van der Waals surface area contributed by atoms with E-state index in [4.69, 9.17) is 4.74 Å². The molecule has 1 N–H and O–H groups in total. The lowest BCUT2D eigenvalue weighted by molar-refractivity contribution is -0.143. The molecule has 156 valence electrons. The van der Waals surface area contributed by atoms with Gasteiger partial charge in [-0.2, -0.15) is 0 Å². The van der Waals surface area contributed by atoms with E-state index in [9.17, 15) is 9.59 Å². The molecule has 0 aliphatic carbocycles. The first kappa shape index (κ1) is 22.5. The van der Waals surface area contributed by atoms with E-state index in [1.807, 2.05) is 68.4 Å². The summed E-state index contributed by atoms with van der Waals surface area (Å²) >= 11 is 0. The molecule has 0 fully saturated rings. The predicted octanol–water partition coefficient (Wildman–Crippen LogP) is 4.10. The number of amides is 2. The summed E-state index contributed by atoms with van der Waals surface area (Å²) in [6, 6.07) is 16.8. The van der Waals surface area contributed by atoms with Crippen LogP contribution in [0.25, 0.3) is 0 Å². The first-order valence-electron chi connectivity index (χ1n) is 10.4. The minimum absolute atomic E-state index is 0.101. The van der Waals surface area contributed by atoms with Gasteiger partial charge in [-0.3, -0.25) is 9.59 Å². The van der Waals surface area contributed by atoms with Crippen molar-refractivity contribution in [3.63, 3.8) is 0 Å². The van der Waals surface area contributed by atoms with Gasteiger partial charge >= 0.3 is 0 Å². The number of benzene rings is 2. The third-order valence-corrected chi connectivity index (χ3v) is 4.86. The minimum atomic E-state index is -0.528. The van der Waals surface area contributed by atoms with Crippen molar-refractivity contribution in [2.75, 3.05) is 13.2 Å². The van der Waals surface area contributed by atoms with Gasteiger partial charge in [-0.1, -0.05) is 68.8 Å². The summed E-state index contributed by atoms with van der Waals surface area (Å²) in [5.74, 6) is 0.372. The van der Waals surface area contributed by atoms with E-state index in [0.717, 1.165) is 24.0 Å². The number of para-hydroxylation sites is 1. The van der Waals surface area contributed by atoms with E-state index in [0.29, 0.717) is 25.3 Å². The maximum Gasteiger partial charge on any atom is 0.261 e. The highest BCUT2D eigenvalue weighted by Crippen LogP contribution is 2.17. The second-order valence-electron chi connectivity index (χ2n) is 7.13. The van der Waals surface area contributed by atoms with Crippen LogP contribution in [-0.2, 0) is 16.1 Å². The third kappa shape index (κ3) is 6.93. The fourth-order valence-electron chi connectivity index (χ4n) is 3.15. The molecule has 0 saturated heterocycles. The molecule has 0 aromatic heterocycles. The molecule has 2 aromatic carbocycles. The molecule has 2 rings (SSSR count). The average molecular weight is 397 g/mol. The van der Waals surface area contributed by atoms with Crippen LogP contribution >= 0.6 is 0 Å². The Morgan fingerprint density at radius 3 is 2.38 bits per heavy atom. The third-order valence-electron chi connectivity index (χ3n) is 4.86. The van der Waals surface area contributed by atoms with Gasteiger partial charge in [0.15, 0.2) is 6.61 Å². The van der Waals surface area contributed by atoms with Gasteiger partial charge in [0.05, 0.1) is 0 Å². The maximum absolute atomic E-state index is 13.1. The molecule has 0 heterocycles. The second-order valence-corrected chi connectivity index (χ2v) is 7.13. The predicted molar refractivity (Wildman–Crippen MR) is 116 cm³/mol. The number of hydrogen-bond acceptors (Lipinski definition) is 3. The Kier molecular flexibility index (Phi) is 9.22. The van der Waals surface area contributed by atoms with E-state index < -0.39 is 6.04 Å². The van der Waals surface area contributed by atoms with E-state index >= 15 is 0 Å². The summed E-state index contributed by atoms with van der Waals surface area (Å²) in [7, 11) is 0. The van der Waals surface area contributed by atoms with Gasteiger partial charge in [0.25, 0.3) is 5.91 Å².